The molecular formula is C38H27BrN2O5. The summed E-state index contributed by atoms with van der Waals surface area (Å²) >= 11 is 3.29. The molecule has 0 saturated carbocycles. The van der Waals surface area contributed by atoms with Crippen LogP contribution in [0.5, 0.6) is 5.75 Å². The van der Waals surface area contributed by atoms with Crippen molar-refractivity contribution in [3.05, 3.63) is 130 Å². The summed E-state index contributed by atoms with van der Waals surface area (Å²) < 4.78 is 0.185. The molecule has 1 heterocycles. The van der Waals surface area contributed by atoms with Crippen LogP contribution in [0.4, 0.5) is 17.1 Å². The number of hydrogen-bond donors (Lipinski definition) is 2. The van der Waals surface area contributed by atoms with Gasteiger partial charge >= 0.3 is 0 Å². The van der Waals surface area contributed by atoms with Gasteiger partial charge in [-0.3, -0.25) is 24.1 Å². The van der Waals surface area contributed by atoms with Crippen molar-refractivity contribution in [2.24, 2.45) is 17.8 Å². The molecule has 0 spiro atoms. The Kier molecular flexibility index (Phi) is 6.65. The molecule has 2 amide bonds. The van der Waals surface area contributed by atoms with E-state index in [1.807, 2.05) is 72.8 Å². The molecule has 4 aromatic carbocycles. The summed E-state index contributed by atoms with van der Waals surface area (Å²) in [5.74, 6) is -3.28. The summed E-state index contributed by atoms with van der Waals surface area (Å²) in [5.41, 5.74) is 4.67. The zero-order valence-corrected chi connectivity index (χ0v) is 26.0. The van der Waals surface area contributed by atoms with Gasteiger partial charge in [-0.1, -0.05) is 60.2 Å². The van der Waals surface area contributed by atoms with Crippen molar-refractivity contribution >= 4 is 67.1 Å². The molecule has 1 saturated heterocycles. The van der Waals surface area contributed by atoms with Crippen LogP contribution in [0.3, 0.4) is 0 Å². The van der Waals surface area contributed by atoms with Crippen LogP contribution < -0.4 is 10.2 Å². The molecule has 4 aromatic rings. The van der Waals surface area contributed by atoms with Crippen LogP contribution in [-0.4, -0.2) is 28.5 Å². The summed E-state index contributed by atoms with van der Waals surface area (Å²) in [6.45, 7) is 0. The van der Waals surface area contributed by atoms with Crippen LogP contribution in [0, 0.1) is 17.8 Å². The Hall–Kier alpha value is -5.08. The number of nitrogens with one attached hydrogen (secondary N) is 1. The highest BCUT2D eigenvalue weighted by molar-refractivity contribution is 9.12. The number of carbonyl (C=O) groups is 4. The number of fused-ring (bicyclic) bond motifs is 4. The maximum Gasteiger partial charge on any atom is 0.238 e. The number of allylic oxidation sites excluding steroid dienone is 6. The van der Waals surface area contributed by atoms with Gasteiger partial charge in [0.15, 0.2) is 11.6 Å². The zero-order chi connectivity index (χ0) is 31.7. The number of anilines is 3. The van der Waals surface area contributed by atoms with Crippen LogP contribution in [0.15, 0.2) is 124 Å². The number of amides is 2. The number of hydrogen-bond acceptors (Lipinski definition) is 6. The van der Waals surface area contributed by atoms with Crippen molar-refractivity contribution in [1.29, 1.82) is 0 Å². The van der Waals surface area contributed by atoms with Gasteiger partial charge in [0.2, 0.25) is 11.8 Å². The lowest BCUT2D eigenvalue weighted by Gasteiger charge is -2.42. The monoisotopic (exact) mass is 670 g/mol. The zero-order valence-electron chi connectivity index (χ0n) is 24.4. The predicted molar refractivity (Wildman–Crippen MR) is 179 cm³/mol. The van der Waals surface area contributed by atoms with Gasteiger partial charge in [0.25, 0.3) is 0 Å². The number of ketones is 2. The summed E-state index contributed by atoms with van der Waals surface area (Å²) in [7, 11) is 0. The number of rotatable bonds is 4. The molecule has 7 nitrogen and oxygen atoms in total. The quantitative estimate of drug-likeness (QED) is 0.135. The van der Waals surface area contributed by atoms with Gasteiger partial charge in [-0.15, -0.1) is 0 Å². The molecule has 0 aromatic heterocycles. The van der Waals surface area contributed by atoms with Crippen molar-refractivity contribution in [1.82, 2.24) is 0 Å². The van der Waals surface area contributed by atoms with Crippen molar-refractivity contribution in [2.45, 2.75) is 18.8 Å². The number of imide groups is 1. The fourth-order valence-corrected chi connectivity index (χ4v) is 8.20. The van der Waals surface area contributed by atoms with Gasteiger partial charge < -0.3 is 10.4 Å². The molecule has 226 valence electrons. The average molecular weight is 672 g/mol. The van der Waals surface area contributed by atoms with E-state index in [-0.39, 0.29) is 40.0 Å². The lowest BCUT2D eigenvalue weighted by Crippen LogP contribution is -2.39. The number of Topliss-reactive ketones (excluding diaryl/α,β-unsaturated/α-hetero) is 1. The molecule has 3 aliphatic carbocycles. The first-order valence-corrected chi connectivity index (χ1v) is 16.0. The van der Waals surface area contributed by atoms with E-state index in [1.54, 1.807) is 24.3 Å². The second kappa shape index (κ2) is 10.8. The summed E-state index contributed by atoms with van der Waals surface area (Å²) in [6.07, 6.45) is 3.87. The normalized spacial score (nSPS) is 24.0. The first kappa shape index (κ1) is 28.4. The Morgan fingerprint density at radius 3 is 2.22 bits per heavy atom. The standard InChI is InChI=1S/C38H27BrN2O5/c39-30-19-32(43)35-29(36(30)44)18-28-26(33(35)25-16-17-31(42)24-9-5-4-8-23(24)25)14-15-27-34(28)38(46)41(37(27)45)22-12-10-21(11-13-22)40-20-6-2-1-3-7-20/h1-14,16-17,19,27-28,33-34,40,42H,15,18H2. The van der Waals surface area contributed by atoms with E-state index in [2.05, 4.69) is 21.2 Å². The second-order valence-electron chi connectivity index (χ2n) is 12.2. The highest BCUT2D eigenvalue weighted by atomic mass is 79.9. The maximum absolute atomic E-state index is 14.3. The van der Waals surface area contributed by atoms with Crippen molar-refractivity contribution in [2.75, 3.05) is 10.2 Å². The molecule has 4 aliphatic rings. The molecule has 2 N–H and O–H groups in total. The summed E-state index contributed by atoms with van der Waals surface area (Å²) in [6, 6.07) is 27.8. The lowest BCUT2D eigenvalue weighted by atomic mass is 9.59. The molecule has 1 fully saturated rings. The Morgan fingerprint density at radius 2 is 1.46 bits per heavy atom. The molecule has 8 heteroatoms. The topological polar surface area (TPSA) is 104 Å². The highest BCUT2D eigenvalue weighted by Crippen LogP contribution is 2.56. The van der Waals surface area contributed by atoms with Gasteiger partial charge in [0.05, 0.1) is 22.0 Å². The highest BCUT2D eigenvalue weighted by Gasteiger charge is 2.56. The Bertz CT molecular complexity index is 2100. The van der Waals surface area contributed by atoms with Gasteiger partial charge in [-0.25, -0.2) is 0 Å². The molecule has 0 bridgehead atoms. The molecule has 4 atom stereocenters. The number of para-hydroxylation sites is 1. The summed E-state index contributed by atoms with van der Waals surface area (Å²) in [5, 5.41) is 15.4. The molecule has 0 radical (unpaired) electrons. The van der Waals surface area contributed by atoms with E-state index in [4.69, 9.17) is 0 Å². The third-order valence-electron chi connectivity index (χ3n) is 9.76. The first-order valence-electron chi connectivity index (χ1n) is 15.2. The SMILES string of the molecule is O=C1C=C(Br)C(=O)C2=C1C(c1ccc(O)c3ccccc13)C1=CCC3C(=O)N(c4ccc(Nc5ccccc5)cc4)C(=O)C3C1C2. The van der Waals surface area contributed by atoms with E-state index >= 15 is 0 Å². The van der Waals surface area contributed by atoms with Crippen LogP contribution in [0.25, 0.3) is 10.8 Å². The van der Waals surface area contributed by atoms with Crippen molar-refractivity contribution < 1.29 is 24.3 Å². The fraction of sp³-hybridized carbons (Fsp3) is 0.158. The number of phenolic OH excluding ortho intramolecular Hbond substituents is 1. The molecule has 8 rings (SSSR count). The van der Waals surface area contributed by atoms with Gasteiger partial charge in [0, 0.05) is 39.9 Å². The van der Waals surface area contributed by atoms with E-state index in [1.165, 1.54) is 11.0 Å². The number of nitrogens with zero attached hydrogens (tertiary/aromatic N) is 1. The number of benzene rings is 4. The smallest absolute Gasteiger partial charge is 0.238 e. The first-order chi connectivity index (χ1) is 22.3. The van der Waals surface area contributed by atoms with Crippen molar-refractivity contribution in [3.63, 3.8) is 0 Å². The van der Waals surface area contributed by atoms with E-state index in [0.717, 1.165) is 27.9 Å². The second-order valence-corrected chi connectivity index (χ2v) is 13.0. The Morgan fingerprint density at radius 1 is 0.761 bits per heavy atom. The largest absolute Gasteiger partial charge is 0.507 e. The third-order valence-corrected chi connectivity index (χ3v) is 10.4. The van der Waals surface area contributed by atoms with Crippen LogP contribution in [-0.2, 0) is 19.2 Å². The fourth-order valence-electron chi connectivity index (χ4n) is 7.76. The minimum atomic E-state index is -0.679. The number of carbonyl (C=O) groups excluding carboxylic acids is 4. The predicted octanol–water partition coefficient (Wildman–Crippen LogP) is 7.26. The molecular weight excluding hydrogens is 644 g/mol. The minimum Gasteiger partial charge on any atom is -0.507 e. The van der Waals surface area contributed by atoms with Crippen LogP contribution >= 0.6 is 15.9 Å². The van der Waals surface area contributed by atoms with Gasteiger partial charge in [-0.2, -0.15) is 0 Å². The van der Waals surface area contributed by atoms with Crippen LogP contribution in [0.2, 0.25) is 0 Å². The number of aromatic hydroxyl groups is 1. The molecule has 46 heavy (non-hydrogen) atoms. The molecule has 1 aliphatic heterocycles. The Labute approximate surface area is 273 Å². The lowest BCUT2D eigenvalue weighted by molar-refractivity contribution is -0.123. The van der Waals surface area contributed by atoms with Crippen LogP contribution in [0.1, 0.15) is 24.3 Å². The number of phenols is 1. The minimum absolute atomic E-state index is 0.115. The van der Waals surface area contributed by atoms with E-state index in [9.17, 15) is 24.3 Å². The Balaban J connectivity index is 1.20. The average Bonchev–Trinajstić information content (AvgIpc) is 3.33. The number of halogens is 1. The summed E-state index contributed by atoms with van der Waals surface area (Å²) in [4.78, 5) is 56.7. The third kappa shape index (κ3) is 4.31. The maximum atomic E-state index is 14.3. The van der Waals surface area contributed by atoms with Gasteiger partial charge in [-0.05, 0) is 88.1 Å². The van der Waals surface area contributed by atoms with E-state index in [0.29, 0.717) is 28.6 Å². The van der Waals surface area contributed by atoms with Crippen molar-refractivity contribution in [3.8, 4) is 5.75 Å². The van der Waals surface area contributed by atoms with Gasteiger partial charge in [0.1, 0.15) is 5.75 Å². The molecule has 4 unspecified atom stereocenters. The van der Waals surface area contributed by atoms with E-state index < -0.39 is 23.7 Å².